The molecule has 0 amide bonds. The molecule has 0 radical (unpaired) electrons. The summed E-state index contributed by atoms with van der Waals surface area (Å²) in [7, 11) is 0. The van der Waals surface area contributed by atoms with Crippen molar-refractivity contribution in [3.63, 3.8) is 0 Å². The normalized spacial score (nSPS) is 11.6. The third-order valence-electron chi connectivity index (χ3n) is 11.2. The maximum atomic E-state index is 6.17. The number of rotatable bonds is 6. The number of anilines is 3. The average Bonchev–Trinajstić information content (AvgIpc) is 3.64. The van der Waals surface area contributed by atoms with E-state index in [4.69, 9.17) is 4.42 Å². The lowest BCUT2D eigenvalue weighted by molar-refractivity contribution is 0.669. The van der Waals surface area contributed by atoms with Gasteiger partial charge in [-0.3, -0.25) is 0 Å². The highest BCUT2D eigenvalue weighted by atomic mass is 16.3. The molecular weight excluding hydrogens is 679 g/mol. The van der Waals surface area contributed by atoms with Gasteiger partial charge < -0.3 is 9.32 Å². The van der Waals surface area contributed by atoms with Crippen LogP contribution < -0.4 is 4.90 Å². The van der Waals surface area contributed by atoms with E-state index in [0.29, 0.717) is 0 Å². The summed E-state index contributed by atoms with van der Waals surface area (Å²) in [5.74, 6) is 0. The molecule has 0 fully saturated rings. The molecule has 1 heterocycles. The molecule has 0 unspecified atom stereocenters. The van der Waals surface area contributed by atoms with Crippen molar-refractivity contribution in [3.8, 4) is 33.4 Å². The predicted molar refractivity (Wildman–Crippen MR) is 237 cm³/mol. The van der Waals surface area contributed by atoms with Crippen LogP contribution in [0.5, 0.6) is 0 Å². The van der Waals surface area contributed by atoms with Crippen LogP contribution >= 0.6 is 0 Å². The van der Waals surface area contributed by atoms with Gasteiger partial charge in [0.05, 0.1) is 5.69 Å². The third kappa shape index (κ3) is 5.51. The summed E-state index contributed by atoms with van der Waals surface area (Å²) < 4.78 is 6.17. The Kier molecular flexibility index (Phi) is 7.53. The molecule has 56 heavy (non-hydrogen) atoms. The van der Waals surface area contributed by atoms with Crippen molar-refractivity contribution in [1.82, 2.24) is 0 Å². The van der Waals surface area contributed by atoms with E-state index in [9.17, 15) is 0 Å². The minimum atomic E-state index is 0.906. The Bertz CT molecular complexity index is 3250. The first-order valence-corrected chi connectivity index (χ1v) is 19.2. The van der Waals surface area contributed by atoms with Gasteiger partial charge in [0.2, 0.25) is 0 Å². The first-order chi connectivity index (χ1) is 27.7. The number of para-hydroxylation sites is 2. The first-order valence-electron chi connectivity index (χ1n) is 19.2. The fraction of sp³-hybridized carbons (Fsp3) is 0. The van der Waals surface area contributed by atoms with E-state index in [1.165, 1.54) is 65.7 Å². The van der Waals surface area contributed by atoms with E-state index in [1.807, 2.05) is 12.1 Å². The van der Waals surface area contributed by atoms with Crippen molar-refractivity contribution < 1.29 is 4.42 Å². The number of hydrogen-bond acceptors (Lipinski definition) is 2. The molecule has 0 aliphatic heterocycles. The summed E-state index contributed by atoms with van der Waals surface area (Å²) in [5.41, 5.74) is 12.4. The van der Waals surface area contributed by atoms with Gasteiger partial charge in [0, 0.05) is 27.5 Å². The smallest absolute Gasteiger partial charge is 0.135 e. The lowest BCUT2D eigenvalue weighted by Crippen LogP contribution is -2.10. The number of furan rings is 1. The van der Waals surface area contributed by atoms with E-state index in [0.717, 1.165) is 39.0 Å². The van der Waals surface area contributed by atoms with Gasteiger partial charge in [-0.1, -0.05) is 152 Å². The lowest BCUT2D eigenvalue weighted by Gasteiger charge is -2.28. The Balaban J connectivity index is 0.996. The fourth-order valence-corrected chi connectivity index (χ4v) is 8.40. The predicted octanol–water partition coefficient (Wildman–Crippen LogP) is 15.5. The van der Waals surface area contributed by atoms with E-state index < -0.39 is 0 Å². The zero-order chi connectivity index (χ0) is 37.0. The second kappa shape index (κ2) is 13.2. The van der Waals surface area contributed by atoms with Crippen molar-refractivity contribution >= 4 is 71.3 Å². The molecule has 2 nitrogen and oxygen atoms in total. The molecule has 0 atom stereocenters. The van der Waals surface area contributed by atoms with Crippen LogP contribution in [0.1, 0.15) is 0 Å². The molecule has 1 aromatic heterocycles. The van der Waals surface area contributed by atoms with Crippen LogP contribution in [0.3, 0.4) is 0 Å². The summed E-state index contributed by atoms with van der Waals surface area (Å²) in [6.07, 6.45) is 0. The van der Waals surface area contributed by atoms with Crippen molar-refractivity contribution in [2.75, 3.05) is 4.90 Å². The monoisotopic (exact) mass is 713 g/mol. The number of fused-ring (bicyclic) bond motifs is 6. The highest BCUT2D eigenvalue weighted by Gasteiger charge is 2.18. The van der Waals surface area contributed by atoms with Gasteiger partial charge in [0.1, 0.15) is 11.2 Å². The van der Waals surface area contributed by atoms with E-state index in [1.54, 1.807) is 0 Å². The summed E-state index contributed by atoms with van der Waals surface area (Å²) in [6, 6.07) is 76.7. The standard InChI is InChI=1S/C54H35NO/c1-2-12-45(13-3-1)55(52-30-29-47(48-14-6-7-15-49(48)52)43-27-31-54-51(35-43)50-16-8-9-17-53(50)56-54)46-28-26-39-23-25-42(33-44(39)34-46)38-20-18-37(19-21-38)41-24-22-36-10-4-5-11-40(36)32-41/h1-35H. The zero-order valence-electron chi connectivity index (χ0n) is 30.6. The molecule has 0 N–H and O–H groups in total. The molecule has 0 saturated heterocycles. The second-order valence-corrected chi connectivity index (χ2v) is 14.5. The third-order valence-corrected chi connectivity index (χ3v) is 11.2. The fourth-order valence-electron chi connectivity index (χ4n) is 8.40. The SMILES string of the molecule is c1ccc(N(c2ccc3ccc(-c4ccc(-c5ccc6ccccc6c5)cc4)cc3c2)c2ccc(-c3ccc4oc5ccccc5c4c3)c3ccccc23)cc1. The molecule has 0 saturated carbocycles. The molecule has 10 aromatic carbocycles. The van der Waals surface area contributed by atoms with Crippen molar-refractivity contribution in [2.24, 2.45) is 0 Å². The van der Waals surface area contributed by atoms with Crippen molar-refractivity contribution in [2.45, 2.75) is 0 Å². The van der Waals surface area contributed by atoms with Crippen LogP contribution in [0.15, 0.2) is 217 Å². The molecule has 262 valence electrons. The summed E-state index contributed by atoms with van der Waals surface area (Å²) in [5, 5.41) is 9.58. The molecular formula is C54H35NO. The summed E-state index contributed by atoms with van der Waals surface area (Å²) >= 11 is 0. The maximum Gasteiger partial charge on any atom is 0.135 e. The van der Waals surface area contributed by atoms with E-state index in [-0.39, 0.29) is 0 Å². The lowest BCUT2D eigenvalue weighted by atomic mass is 9.95. The van der Waals surface area contributed by atoms with Crippen LogP contribution in [0.25, 0.3) is 87.6 Å². The van der Waals surface area contributed by atoms with Gasteiger partial charge in [-0.25, -0.2) is 0 Å². The van der Waals surface area contributed by atoms with Gasteiger partial charge in [-0.2, -0.15) is 0 Å². The Hall–Kier alpha value is -7.42. The molecule has 2 heteroatoms. The number of hydrogen-bond donors (Lipinski definition) is 0. The summed E-state index contributed by atoms with van der Waals surface area (Å²) in [4.78, 5) is 2.39. The quantitative estimate of drug-likeness (QED) is 0.171. The van der Waals surface area contributed by atoms with Crippen LogP contribution in [0.4, 0.5) is 17.1 Å². The topological polar surface area (TPSA) is 16.4 Å². The van der Waals surface area contributed by atoms with Crippen molar-refractivity contribution in [1.29, 1.82) is 0 Å². The highest BCUT2D eigenvalue weighted by Crippen LogP contribution is 2.43. The van der Waals surface area contributed by atoms with Crippen LogP contribution in [-0.4, -0.2) is 0 Å². The molecule has 0 aliphatic carbocycles. The summed E-state index contributed by atoms with van der Waals surface area (Å²) in [6.45, 7) is 0. The van der Waals surface area contributed by atoms with Gasteiger partial charge in [0.15, 0.2) is 0 Å². The Morgan fingerprint density at radius 3 is 1.64 bits per heavy atom. The van der Waals surface area contributed by atoms with Gasteiger partial charge in [-0.15, -0.1) is 0 Å². The second-order valence-electron chi connectivity index (χ2n) is 14.5. The Labute approximate surface area is 325 Å². The number of nitrogens with zero attached hydrogens (tertiary/aromatic N) is 1. The molecule has 0 aliphatic rings. The van der Waals surface area contributed by atoms with Crippen LogP contribution in [0, 0.1) is 0 Å². The van der Waals surface area contributed by atoms with Gasteiger partial charge in [0.25, 0.3) is 0 Å². The minimum absolute atomic E-state index is 0.906. The average molecular weight is 714 g/mol. The molecule has 0 bridgehead atoms. The zero-order valence-corrected chi connectivity index (χ0v) is 30.6. The molecule has 11 rings (SSSR count). The van der Waals surface area contributed by atoms with E-state index >= 15 is 0 Å². The Morgan fingerprint density at radius 2 is 0.857 bits per heavy atom. The van der Waals surface area contributed by atoms with Crippen LogP contribution in [0.2, 0.25) is 0 Å². The minimum Gasteiger partial charge on any atom is -0.456 e. The van der Waals surface area contributed by atoms with Crippen molar-refractivity contribution in [3.05, 3.63) is 212 Å². The maximum absolute atomic E-state index is 6.17. The first kappa shape index (κ1) is 32.0. The van der Waals surface area contributed by atoms with E-state index in [2.05, 4.69) is 205 Å². The van der Waals surface area contributed by atoms with Crippen LogP contribution in [-0.2, 0) is 0 Å². The highest BCUT2D eigenvalue weighted by molar-refractivity contribution is 6.10. The van der Waals surface area contributed by atoms with Gasteiger partial charge >= 0.3 is 0 Å². The number of benzene rings is 10. The largest absolute Gasteiger partial charge is 0.456 e. The molecule has 11 aromatic rings. The Morgan fingerprint density at radius 1 is 0.286 bits per heavy atom. The molecule has 0 spiro atoms. The van der Waals surface area contributed by atoms with Gasteiger partial charge in [-0.05, 0) is 121 Å².